The fourth-order valence-corrected chi connectivity index (χ4v) is 2.74. The van der Waals surface area contributed by atoms with Crippen molar-refractivity contribution in [3.63, 3.8) is 0 Å². The molecule has 22 heavy (non-hydrogen) atoms. The molecule has 1 aliphatic heterocycles. The van der Waals surface area contributed by atoms with Crippen molar-refractivity contribution in [3.05, 3.63) is 35.0 Å². The summed E-state index contributed by atoms with van der Waals surface area (Å²) in [6.07, 6.45) is 0. The molecule has 2 heterocycles. The number of benzene rings is 1. The Morgan fingerprint density at radius 1 is 1.50 bits per heavy atom. The first-order valence-corrected chi connectivity index (χ1v) is 7.14. The van der Waals surface area contributed by atoms with Gasteiger partial charge in [-0.05, 0) is 25.1 Å². The van der Waals surface area contributed by atoms with Crippen LogP contribution < -0.4 is 10.7 Å². The second kappa shape index (κ2) is 5.60. The summed E-state index contributed by atoms with van der Waals surface area (Å²) < 4.78 is 14.3. The van der Waals surface area contributed by atoms with E-state index >= 15 is 0 Å². The van der Waals surface area contributed by atoms with Gasteiger partial charge in [0.25, 0.3) is 17.8 Å². The van der Waals surface area contributed by atoms with Gasteiger partial charge in [0.05, 0.1) is 4.88 Å². The molecule has 2 amide bonds. The van der Waals surface area contributed by atoms with E-state index in [1.807, 2.05) is 0 Å². The number of rotatable bonds is 2. The van der Waals surface area contributed by atoms with Crippen molar-refractivity contribution in [2.45, 2.75) is 13.0 Å². The van der Waals surface area contributed by atoms with Crippen LogP contribution in [0.25, 0.3) is 10.1 Å². The molecule has 0 aliphatic carbocycles. The summed E-state index contributed by atoms with van der Waals surface area (Å²) in [5.74, 6) is -1.35. The maximum Gasteiger partial charge on any atom is 0.281 e. The molecular weight excluding hydrogens is 309 g/mol. The number of nitrogens with zero attached hydrogens (tertiary/aromatic N) is 3. The minimum absolute atomic E-state index is 0.0938. The number of amides is 2. The number of hydrazone groups is 1. The third-order valence-electron chi connectivity index (χ3n) is 2.94. The van der Waals surface area contributed by atoms with Crippen molar-refractivity contribution < 1.29 is 14.0 Å². The van der Waals surface area contributed by atoms with Crippen LogP contribution in [0.5, 0.6) is 0 Å². The number of nitrogens with one attached hydrogen (secondary N) is 2. The minimum Gasteiger partial charge on any atom is -0.290 e. The first-order valence-electron chi connectivity index (χ1n) is 6.32. The summed E-state index contributed by atoms with van der Waals surface area (Å²) in [5.41, 5.74) is 2.25. The quantitative estimate of drug-likeness (QED) is 0.828. The van der Waals surface area contributed by atoms with Gasteiger partial charge in [-0.2, -0.15) is 5.11 Å². The van der Waals surface area contributed by atoms with Crippen molar-refractivity contribution in [2.75, 3.05) is 0 Å². The molecule has 1 aliphatic rings. The first kappa shape index (κ1) is 14.3. The van der Waals surface area contributed by atoms with E-state index in [9.17, 15) is 14.0 Å². The second-order valence-corrected chi connectivity index (χ2v) is 5.60. The van der Waals surface area contributed by atoms with Crippen LogP contribution in [0, 0.1) is 5.82 Å². The van der Waals surface area contributed by atoms with Gasteiger partial charge < -0.3 is 0 Å². The number of hydrogen-bond acceptors (Lipinski definition) is 5. The van der Waals surface area contributed by atoms with Gasteiger partial charge in [-0.1, -0.05) is 6.07 Å². The summed E-state index contributed by atoms with van der Waals surface area (Å²) in [4.78, 5) is 23.7. The third kappa shape index (κ3) is 2.70. The summed E-state index contributed by atoms with van der Waals surface area (Å²) in [6.45, 7) is 1.58. The number of hydrogen-bond donors (Lipinski definition) is 2. The van der Waals surface area contributed by atoms with Crippen molar-refractivity contribution in [1.82, 2.24) is 10.7 Å². The fraction of sp³-hybridized carbons (Fsp3) is 0.154. The Balaban J connectivity index is 1.78. The van der Waals surface area contributed by atoms with Crippen molar-refractivity contribution >= 4 is 39.2 Å². The predicted molar refractivity (Wildman–Crippen MR) is 79.1 cm³/mol. The molecule has 0 bridgehead atoms. The van der Waals surface area contributed by atoms with Crippen LogP contribution in [-0.4, -0.2) is 23.8 Å². The maximum absolute atomic E-state index is 13.6. The average molecular weight is 319 g/mol. The highest BCUT2D eigenvalue weighted by Gasteiger charge is 2.19. The molecule has 9 heteroatoms. The van der Waals surface area contributed by atoms with Gasteiger partial charge in [-0.25, -0.2) is 9.82 Å². The van der Waals surface area contributed by atoms with Crippen molar-refractivity contribution in [3.8, 4) is 0 Å². The van der Waals surface area contributed by atoms with Gasteiger partial charge in [0, 0.05) is 10.1 Å². The molecule has 0 fully saturated rings. The van der Waals surface area contributed by atoms with Gasteiger partial charge in [0.2, 0.25) is 0 Å². The Morgan fingerprint density at radius 2 is 2.32 bits per heavy atom. The average Bonchev–Trinajstić information content (AvgIpc) is 2.94. The van der Waals surface area contributed by atoms with Gasteiger partial charge in [-0.15, -0.1) is 21.6 Å². The molecule has 0 radical (unpaired) electrons. The lowest BCUT2D eigenvalue weighted by Gasteiger charge is -2.11. The third-order valence-corrected chi connectivity index (χ3v) is 4.03. The highest BCUT2D eigenvalue weighted by molar-refractivity contribution is 7.20. The second-order valence-electron chi connectivity index (χ2n) is 4.52. The molecule has 1 unspecified atom stereocenters. The van der Waals surface area contributed by atoms with Gasteiger partial charge in [0.1, 0.15) is 11.9 Å². The molecule has 2 N–H and O–H groups in total. The zero-order valence-electron chi connectivity index (χ0n) is 11.3. The summed E-state index contributed by atoms with van der Waals surface area (Å²) in [5, 5.41) is 13.8. The maximum atomic E-state index is 13.6. The van der Waals surface area contributed by atoms with Crippen molar-refractivity contribution in [1.29, 1.82) is 0 Å². The first-order chi connectivity index (χ1) is 10.5. The Bertz CT molecular complexity index is 829. The number of carbonyl (C=O) groups is 2. The highest BCUT2D eigenvalue weighted by Crippen LogP contribution is 2.27. The minimum atomic E-state index is -0.583. The zero-order valence-corrected chi connectivity index (χ0v) is 12.1. The van der Waals surface area contributed by atoms with E-state index in [0.29, 0.717) is 15.0 Å². The molecule has 1 aromatic heterocycles. The Morgan fingerprint density at radius 3 is 3.05 bits per heavy atom. The number of thiophene rings is 1. The Labute approximate surface area is 127 Å². The molecule has 3 rings (SSSR count). The van der Waals surface area contributed by atoms with Gasteiger partial charge in [-0.3, -0.25) is 14.9 Å². The summed E-state index contributed by atoms with van der Waals surface area (Å²) in [7, 11) is 0. The van der Waals surface area contributed by atoms with E-state index in [1.165, 1.54) is 12.1 Å². The highest BCUT2D eigenvalue weighted by atomic mass is 32.1. The Kier molecular flexibility index (Phi) is 3.63. The number of guanidine groups is 1. The van der Waals surface area contributed by atoms with E-state index in [4.69, 9.17) is 0 Å². The monoisotopic (exact) mass is 319 g/mol. The van der Waals surface area contributed by atoms with Crippen LogP contribution in [0.4, 0.5) is 4.39 Å². The molecule has 112 valence electrons. The smallest absolute Gasteiger partial charge is 0.281 e. The predicted octanol–water partition coefficient (Wildman–Crippen LogP) is 2.01. The standard InChI is InChI=1S/C13H10FN5O2S/c1-6-11(20)15-13(18-16-6)19-17-12(21)10-5-7-8(14)3-2-4-9(7)22-10/h2-6H,1H3,(H,17,21)(H,15,19,20). The van der Waals surface area contributed by atoms with Crippen LogP contribution in [-0.2, 0) is 4.79 Å². The molecule has 0 spiro atoms. The number of halogens is 1. The topological polar surface area (TPSA) is 95.3 Å². The van der Waals surface area contributed by atoms with Crippen LogP contribution >= 0.6 is 11.3 Å². The molecule has 2 aromatic rings. The normalized spacial score (nSPS) is 19.5. The lowest BCUT2D eigenvalue weighted by molar-refractivity contribution is -0.120. The van der Waals surface area contributed by atoms with E-state index in [1.54, 1.807) is 19.1 Å². The van der Waals surface area contributed by atoms with E-state index in [2.05, 4.69) is 26.1 Å². The lowest BCUT2D eigenvalue weighted by atomic mass is 10.2. The van der Waals surface area contributed by atoms with Crippen LogP contribution in [0.15, 0.2) is 39.6 Å². The van der Waals surface area contributed by atoms with E-state index in [-0.39, 0.29) is 17.7 Å². The van der Waals surface area contributed by atoms with Crippen LogP contribution in [0.2, 0.25) is 0 Å². The van der Waals surface area contributed by atoms with E-state index < -0.39 is 11.9 Å². The zero-order chi connectivity index (χ0) is 15.7. The van der Waals surface area contributed by atoms with Crippen LogP contribution in [0.1, 0.15) is 16.6 Å². The Hall–Kier alpha value is -2.68. The number of azo groups is 1. The molecule has 7 nitrogen and oxygen atoms in total. The summed E-state index contributed by atoms with van der Waals surface area (Å²) in [6, 6.07) is 5.50. The molecule has 1 aromatic carbocycles. The number of carbonyl (C=O) groups excluding carboxylic acids is 2. The van der Waals surface area contributed by atoms with E-state index in [0.717, 1.165) is 11.3 Å². The van der Waals surface area contributed by atoms with Crippen LogP contribution in [0.3, 0.4) is 0 Å². The molecule has 0 saturated heterocycles. The molecule has 0 saturated carbocycles. The largest absolute Gasteiger partial charge is 0.290 e. The summed E-state index contributed by atoms with van der Waals surface area (Å²) >= 11 is 1.14. The fourth-order valence-electron chi connectivity index (χ4n) is 1.78. The molecule has 1 atom stereocenters. The number of fused-ring (bicyclic) bond motifs is 1. The van der Waals surface area contributed by atoms with Gasteiger partial charge >= 0.3 is 0 Å². The molecular formula is C13H10FN5O2S. The van der Waals surface area contributed by atoms with Gasteiger partial charge in [0.15, 0.2) is 0 Å². The lowest BCUT2D eigenvalue weighted by Crippen LogP contribution is -2.40. The SMILES string of the molecule is CC1N=NC(=NNC(=O)c2cc3c(F)cccc3s2)NC1=O. The van der Waals surface area contributed by atoms with Crippen molar-refractivity contribution in [2.24, 2.45) is 15.3 Å².